The SMILES string of the molecule is COC(=O)C1(C)Cc2cc([N+](=O)[O-])c(F)cc2O1. The first-order valence-corrected chi connectivity index (χ1v) is 5.11. The second-order valence-electron chi connectivity index (χ2n) is 4.17. The van der Waals surface area contributed by atoms with Gasteiger partial charge in [-0.3, -0.25) is 10.1 Å². The van der Waals surface area contributed by atoms with E-state index in [9.17, 15) is 19.3 Å². The number of benzene rings is 1. The number of nitro groups is 1. The second-order valence-corrected chi connectivity index (χ2v) is 4.17. The van der Waals surface area contributed by atoms with Crippen molar-refractivity contribution >= 4 is 11.7 Å². The highest BCUT2D eigenvalue weighted by molar-refractivity contribution is 5.81. The van der Waals surface area contributed by atoms with E-state index in [-0.39, 0.29) is 12.2 Å². The molecule has 0 bridgehead atoms. The van der Waals surface area contributed by atoms with Gasteiger partial charge >= 0.3 is 11.7 Å². The summed E-state index contributed by atoms with van der Waals surface area (Å²) in [5, 5.41) is 10.6. The van der Waals surface area contributed by atoms with Gasteiger partial charge in [-0.25, -0.2) is 4.79 Å². The van der Waals surface area contributed by atoms with Gasteiger partial charge in [0.1, 0.15) is 5.75 Å². The van der Waals surface area contributed by atoms with E-state index in [2.05, 4.69) is 4.74 Å². The van der Waals surface area contributed by atoms with Gasteiger partial charge in [-0.2, -0.15) is 4.39 Å². The summed E-state index contributed by atoms with van der Waals surface area (Å²) in [4.78, 5) is 21.3. The number of carbonyl (C=O) groups is 1. The van der Waals surface area contributed by atoms with Crippen LogP contribution in [0.4, 0.5) is 10.1 Å². The molecular weight excluding hydrogens is 245 g/mol. The molecule has 7 heteroatoms. The molecule has 6 nitrogen and oxygen atoms in total. The average molecular weight is 255 g/mol. The Balaban J connectivity index is 2.42. The number of rotatable bonds is 2. The number of methoxy groups -OCH3 is 1. The Labute approximate surface area is 101 Å². The number of esters is 1. The highest BCUT2D eigenvalue weighted by atomic mass is 19.1. The van der Waals surface area contributed by atoms with Gasteiger partial charge in [0.25, 0.3) is 0 Å². The molecule has 0 saturated heterocycles. The van der Waals surface area contributed by atoms with Crippen LogP contribution in [0.5, 0.6) is 5.75 Å². The molecule has 0 amide bonds. The van der Waals surface area contributed by atoms with Crippen molar-refractivity contribution in [3.8, 4) is 5.75 Å². The molecule has 1 aliphatic heterocycles. The summed E-state index contributed by atoms with van der Waals surface area (Å²) in [5.41, 5.74) is -1.49. The number of hydrogen-bond donors (Lipinski definition) is 0. The van der Waals surface area contributed by atoms with Crippen LogP contribution in [0, 0.1) is 15.9 Å². The van der Waals surface area contributed by atoms with Crippen molar-refractivity contribution in [2.24, 2.45) is 0 Å². The van der Waals surface area contributed by atoms with Crippen LogP contribution in [0.25, 0.3) is 0 Å². The van der Waals surface area contributed by atoms with E-state index in [4.69, 9.17) is 4.74 Å². The quantitative estimate of drug-likeness (QED) is 0.455. The number of ether oxygens (including phenoxy) is 2. The predicted molar refractivity (Wildman–Crippen MR) is 57.8 cm³/mol. The van der Waals surface area contributed by atoms with Crippen LogP contribution < -0.4 is 4.74 Å². The largest absolute Gasteiger partial charge is 0.475 e. The molecule has 0 radical (unpaired) electrons. The summed E-state index contributed by atoms with van der Waals surface area (Å²) in [6.07, 6.45) is 0.107. The molecule has 2 rings (SSSR count). The number of carbonyl (C=O) groups excluding carboxylic acids is 1. The summed E-state index contributed by atoms with van der Waals surface area (Å²) in [7, 11) is 1.21. The monoisotopic (exact) mass is 255 g/mol. The highest BCUT2D eigenvalue weighted by Crippen LogP contribution is 2.38. The molecule has 1 heterocycles. The molecule has 1 aromatic rings. The molecule has 0 aliphatic carbocycles. The normalized spacial score (nSPS) is 21.1. The van der Waals surface area contributed by atoms with Crippen molar-refractivity contribution in [3.05, 3.63) is 33.6 Å². The lowest BCUT2D eigenvalue weighted by atomic mass is 9.99. The minimum Gasteiger partial charge on any atom is -0.475 e. The molecule has 0 N–H and O–H groups in total. The van der Waals surface area contributed by atoms with Crippen molar-refractivity contribution in [2.45, 2.75) is 18.9 Å². The third kappa shape index (κ3) is 1.77. The van der Waals surface area contributed by atoms with Crippen LogP contribution >= 0.6 is 0 Å². The van der Waals surface area contributed by atoms with Crippen LogP contribution in [0.1, 0.15) is 12.5 Å². The molecule has 0 fully saturated rings. The summed E-state index contributed by atoms with van der Waals surface area (Å²) < 4.78 is 23.3. The second kappa shape index (κ2) is 3.94. The fourth-order valence-electron chi connectivity index (χ4n) is 1.93. The van der Waals surface area contributed by atoms with Crippen LogP contribution in [0.15, 0.2) is 12.1 Å². The molecule has 0 saturated carbocycles. The van der Waals surface area contributed by atoms with Gasteiger partial charge in [0, 0.05) is 24.1 Å². The molecular formula is C11H10FNO5. The maximum atomic E-state index is 13.4. The fourth-order valence-corrected chi connectivity index (χ4v) is 1.93. The summed E-state index contributed by atoms with van der Waals surface area (Å²) >= 11 is 0. The van der Waals surface area contributed by atoms with Crippen molar-refractivity contribution in [1.82, 2.24) is 0 Å². The minimum atomic E-state index is -1.27. The average Bonchev–Trinajstić information content (AvgIpc) is 2.63. The fraction of sp³-hybridized carbons (Fsp3) is 0.364. The van der Waals surface area contributed by atoms with Gasteiger partial charge in [0.05, 0.1) is 12.0 Å². The first kappa shape index (κ1) is 12.3. The van der Waals surface area contributed by atoms with Gasteiger partial charge in [-0.1, -0.05) is 0 Å². The zero-order valence-corrected chi connectivity index (χ0v) is 9.73. The van der Waals surface area contributed by atoms with Crippen molar-refractivity contribution in [3.63, 3.8) is 0 Å². The highest BCUT2D eigenvalue weighted by Gasteiger charge is 2.44. The molecule has 96 valence electrons. The molecule has 1 aliphatic rings. The Morgan fingerprint density at radius 1 is 1.61 bits per heavy atom. The number of halogens is 1. The van der Waals surface area contributed by atoms with Gasteiger partial charge in [0.2, 0.25) is 11.4 Å². The van der Waals surface area contributed by atoms with Crippen molar-refractivity contribution < 1.29 is 23.6 Å². The van der Waals surface area contributed by atoms with Crippen LogP contribution in [0.2, 0.25) is 0 Å². The molecule has 0 aromatic heterocycles. The van der Waals surface area contributed by atoms with Crippen LogP contribution in [0.3, 0.4) is 0 Å². The Bertz CT molecular complexity index is 544. The number of fused-ring (bicyclic) bond motifs is 1. The summed E-state index contributed by atoms with van der Waals surface area (Å²) in [6.45, 7) is 1.49. The third-order valence-corrected chi connectivity index (χ3v) is 2.81. The van der Waals surface area contributed by atoms with E-state index >= 15 is 0 Å². The van der Waals surface area contributed by atoms with Crippen molar-refractivity contribution in [1.29, 1.82) is 0 Å². The molecule has 0 spiro atoms. The van der Waals surface area contributed by atoms with Gasteiger partial charge < -0.3 is 9.47 Å². The topological polar surface area (TPSA) is 78.7 Å². The standard InChI is InChI=1S/C11H10FNO5/c1-11(10(14)17-2)5-6-3-8(13(15)16)7(12)4-9(6)18-11/h3-4H,5H2,1-2H3. The number of nitrogens with zero attached hydrogens (tertiary/aromatic N) is 1. The smallest absolute Gasteiger partial charge is 0.350 e. The lowest BCUT2D eigenvalue weighted by molar-refractivity contribution is -0.387. The molecule has 1 unspecified atom stereocenters. The number of hydrogen-bond acceptors (Lipinski definition) is 5. The van der Waals surface area contributed by atoms with E-state index in [1.165, 1.54) is 14.0 Å². The maximum Gasteiger partial charge on any atom is 0.350 e. The molecule has 18 heavy (non-hydrogen) atoms. The van der Waals surface area contributed by atoms with E-state index in [1.807, 2.05) is 0 Å². The first-order chi connectivity index (χ1) is 8.37. The van der Waals surface area contributed by atoms with E-state index < -0.39 is 28.0 Å². The Morgan fingerprint density at radius 3 is 2.83 bits per heavy atom. The first-order valence-electron chi connectivity index (χ1n) is 5.11. The predicted octanol–water partition coefficient (Wildman–Crippen LogP) is 1.60. The van der Waals surface area contributed by atoms with Gasteiger partial charge in [0.15, 0.2) is 0 Å². The van der Waals surface area contributed by atoms with E-state index in [1.54, 1.807) is 0 Å². The van der Waals surface area contributed by atoms with E-state index in [0.29, 0.717) is 5.56 Å². The zero-order chi connectivity index (χ0) is 13.5. The Morgan fingerprint density at radius 2 is 2.28 bits per heavy atom. The number of nitro benzene ring substituents is 1. The lowest BCUT2D eigenvalue weighted by Crippen LogP contribution is -2.40. The third-order valence-electron chi connectivity index (χ3n) is 2.81. The zero-order valence-electron chi connectivity index (χ0n) is 9.73. The lowest BCUT2D eigenvalue weighted by Gasteiger charge is -2.20. The summed E-state index contributed by atoms with van der Waals surface area (Å²) in [6, 6.07) is 2.00. The minimum absolute atomic E-state index is 0.107. The Hall–Kier alpha value is -2.18. The Kier molecular flexibility index (Phi) is 2.68. The van der Waals surface area contributed by atoms with E-state index in [0.717, 1.165) is 12.1 Å². The van der Waals surface area contributed by atoms with Gasteiger partial charge in [-0.05, 0) is 6.92 Å². The van der Waals surface area contributed by atoms with Crippen LogP contribution in [-0.2, 0) is 16.0 Å². The van der Waals surface area contributed by atoms with Gasteiger partial charge in [-0.15, -0.1) is 0 Å². The molecule has 1 atom stereocenters. The maximum absolute atomic E-state index is 13.4. The van der Waals surface area contributed by atoms with Crippen LogP contribution in [-0.4, -0.2) is 23.6 Å². The summed E-state index contributed by atoms with van der Waals surface area (Å²) in [5.74, 6) is -1.47. The van der Waals surface area contributed by atoms with Crippen molar-refractivity contribution in [2.75, 3.05) is 7.11 Å². The molecule has 1 aromatic carbocycles.